The minimum Gasteiger partial charge on any atom is -0.489 e. The molecule has 0 saturated heterocycles. The molecule has 0 spiro atoms. The van der Waals surface area contributed by atoms with Crippen LogP contribution in [0.3, 0.4) is 0 Å². The van der Waals surface area contributed by atoms with Crippen molar-refractivity contribution in [1.29, 1.82) is 0 Å². The van der Waals surface area contributed by atoms with Crippen molar-refractivity contribution in [3.05, 3.63) is 28.0 Å². The molecule has 0 unspecified atom stereocenters. The Kier molecular flexibility index (Phi) is 2.51. The van der Waals surface area contributed by atoms with Crippen molar-refractivity contribution in [2.24, 2.45) is 0 Å². The third-order valence-corrected chi connectivity index (χ3v) is 2.58. The van der Waals surface area contributed by atoms with E-state index in [0.29, 0.717) is 23.4 Å². The molecule has 0 aromatic heterocycles. The summed E-state index contributed by atoms with van der Waals surface area (Å²) in [6.07, 6.45) is 0. The normalized spacial score (nSPS) is 15.8. The van der Waals surface area contributed by atoms with Crippen LogP contribution in [0.25, 0.3) is 0 Å². The van der Waals surface area contributed by atoms with E-state index in [1.54, 1.807) is 6.07 Å². The second kappa shape index (κ2) is 3.64. The lowest BCUT2D eigenvalue weighted by molar-refractivity contribution is 0.309. The number of rotatable bonds is 0. The summed E-state index contributed by atoms with van der Waals surface area (Å²) in [6, 6.07) is 3.56. The van der Waals surface area contributed by atoms with Crippen LogP contribution in [0, 0.1) is 5.82 Å². The summed E-state index contributed by atoms with van der Waals surface area (Å²) in [4.78, 5) is 0. The Labute approximate surface area is 84.2 Å². The number of hydrogen-bond acceptors (Lipinski definition) is 2. The van der Waals surface area contributed by atoms with Crippen LogP contribution in [0.1, 0.15) is 5.56 Å². The number of hydrogen-bond donors (Lipinski definition) is 1. The summed E-state index contributed by atoms with van der Waals surface area (Å²) < 4.78 is 19.2. The van der Waals surface area contributed by atoms with Gasteiger partial charge in [0.1, 0.15) is 6.61 Å². The number of halogens is 2. The second-order valence-corrected chi connectivity index (χ2v) is 3.73. The van der Waals surface area contributed by atoms with Gasteiger partial charge in [-0.15, -0.1) is 0 Å². The van der Waals surface area contributed by atoms with Crippen LogP contribution < -0.4 is 10.1 Å². The number of benzene rings is 1. The summed E-state index contributed by atoms with van der Waals surface area (Å²) >= 11 is 3.12. The van der Waals surface area contributed by atoms with Crippen LogP contribution in [0.2, 0.25) is 0 Å². The lowest BCUT2D eigenvalue weighted by atomic mass is 10.2. The summed E-state index contributed by atoms with van der Waals surface area (Å²) in [5.41, 5.74) is 0.873. The van der Waals surface area contributed by atoms with Gasteiger partial charge in [-0.25, -0.2) is 4.39 Å². The maximum atomic E-state index is 13.5. The Morgan fingerprint density at radius 1 is 1.46 bits per heavy atom. The van der Waals surface area contributed by atoms with E-state index in [-0.39, 0.29) is 5.82 Å². The quantitative estimate of drug-likeness (QED) is 0.756. The van der Waals surface area contributed by atoms with Gasteiger partial charge in [0, 0.05) is 18.7 Å². The van der Waals surface area contributed by atoms with Crippen molar-refractivity contribution < 1.29 is 9.13 Å². The van der Waals surface area contributed by atoms with Gasteiger partial charge in [0.15, 0.2) is 11.6 Å². The highest BCUT2D eigenvalue weighted by Gasteiger charge is 2.15. The fraction of sp³-hybridized carbons (Fsp3) is 0.333. The van der Waals surface area contributed by atoms with Gasteiger partial charge in [-0.05, 0) is 22.0 Å². The minimum atomic E-state index is -0.304. The molecule has 0 saturated carbocycles. The van der Waals surface area contributed by atoms with E-state index < -0.39 is 0 Å². The van der Waals surface area contributed by atoms with Gasteiger partial charge in [0.05, 0.1) is 4.47 Å². The Bertz CT molecular complexity index is 330. The Balaban J connectivity index is 2.48. The molecule has 1 heterocycles. The van der Waals surface area contributed by atoms with Gasteiger partial charge in [-0.2, -0.15) is 0 Å². The van der Waals surface area contributed by atoms with Crippen LogP contribution in [0.4, 0.5) is 4.39 Å². The van der Waals surface area contributed by atoms with Crippen molar-refractivity contribution in [3.63, 3.8) is 0 Å². The molecular weight excluding hydrogens is 237 g/mol. The molecule has 1 aromatic carbocycles. The molecule has 0 atom stereocenters. The predicted octanol–water partition coefficient (Wildman–Crippen LogP) is 2.07. The topological polar surface area (TPSA) is 21.3 Å². The zero-order valence-corrected chi connectivity index (χ0v) is 8.53. The van der Waals surface area contributed by atoms with Gasteiger partial charge >= 0.3 is 0 Å². The van der Waals surface area contributed by atoms with Crippen LogP contribution in [0.5, 0.6) is 5.75 Å². The molecule has 4 heteroatoms. The molecule has 0 fully saturated rings. The Morgan fingerprint density at radius 2 is 2.31 bits per heavy atom. The van der Waals surface area contributed by atoms with E-state index in [2.05, 4.69) is 21.2 Å². The first-order valence-corrected chi connectivity index (χ1v) is 4.89. The molecule has 1 aliphatic heterocycles. The monoisotopic (exact) mass is 245 g/mol. The number of ether oxygens (including phenoxy) is 1. The first-order chi connectivity index (χ1) is 6.29. The largest absolute Gasteiger partial charge is 0.489 e. The van der Waals surface area contributed by atoms with Gasteiger partial charge in [0.2, 0.25) is 0 Å². The Morgan fingerprint density at radius 3 is 3.15 bits per heavy atom. The first-order valence-electron chi connectivity index (χ1n) is 4.09. The highest BCUT2D eigenvalue weighted by atomic mass is 79.9. The highest BCUT2D eigenvalue weighted by Crippen LogP contribution is 2.29. The fourth-order valence-corrected chi connectivity index (χ4v) is 1.63. The lowest BCUT2D eigenvalue weighted by Crippen LogP contribution is -2.16. The highest BCUT2D eigenvalue weighted by molar-refractivity contribution is 9.10. The zero-order valence-electron chi connectivity index (χ0n) is 6.94. The lowest BCUT2D eigenvalue weighted by Gasteiger charge is -2.08. The van der Waals surface area contributed by atoms with Gasteiger partial charge in [0.25, 0.3) is 0 Å². The van der Waals surface area contributed by atoms with Crippen molar-refractivity contribution in [1.82, 2.24) is 5.32 Å². The summed E-state index contributed by atoms with van der Waals surface area (Å²) in [6.45, 7) is 1.94. The third-order valence-electron chi connectivity index (χ3n) is 1.97. The molecule has 1 N–H and O–H groups in total. The molecule has 0 bridgehead atoms. The van der Waals surface area contributed by atoms with E-state index in [9.17, 15) is 4.39 Å². The Hall–Kier alpha value is -0.610. The predicted molar refractivity (Wildman–Crippen MR) is 51.3 cm³/mol. The van der Waals surface area contributed by atoms with E-state index in [4.69, 9.17) is 4.74 Å². The third kappa shape index (κ3) is 1.69. The van der Waals surface area contributed by atoms with Gasteiger partial charge in [-0.1, -0.05) is 6.07 Å². The first kappa shape index (κ1) is 8.97. The van der Waals surface area contributed by atoms with E-state index in [1.807, 2.05) is 6.07 Å². The van der Waals surface area contributed by atoms with Crippen LogP contribution >= 0.6 is 15.9 Å². The van der Waals surface area contributed by atoms with Crippen molar-refractivity contribution in [2.75, 3.05) is 13.2 Å². The minimum absolute atomic E-state index is 0.304. The number of nitrogens with one attached hydrogen (secondary N) is 1. The SMILES string of the molecule is Fc1c(Br)ccc2c1OCCNC2. The molecule has 0 radical (unpaired) electrons. The molecule has 2 nitrogen and oxygen atoms in total. The maximum absolute atomic E-state index is 13.5. The van der Waals surface area contributed by atoms with Gasteiger partial charge in [-0.3, -0.25) is 0 Å². The van der Waals surface area contributed by atoms with Crippen LogP contribution in [-0.2, 0) is 6.54 Å². The van der Waals surface area contributed by atoms with Gasteiger partial charge < -0.3 is 10.1 Å². The molecule has 0 amide bonds. The molecule has 1 aliphatic rings. The van der Waals surface area contributed by atoms with Crippen LogP contribution in [-0.4, -0.2) is 13.2 Å². The van der Waals surface area contributed by atoms with Crippen molar-refractivity contribution in [2.45, 2.75) is 6.54 Å². The summed E-state index contributed by atoms with van der Waals surface area (Å²) in [5, 5.41) is 3.14. The molecule has 1 aromatic rings. The van der Waals surface area contributed by atoms with Crippen molar-refractivity contribution >= 4 is 15.9 Å². The second-order valence-electron chi connectivity index (χ2n) is 2.87. The van der Waals surface area contributed by atoms with E-state index >= 15 is 0 Å². The number of fused-ring (bicyclic) bond motifs is 1. The van der Waals surface area contributed by atoms with Crippen LogP contribution in [0.15, 0.2) is 16.6 Å². The molecular formula is C9H9BrFNO. The molecule has 2 rings (SSSR count). The summed E-state index contributed by atoms with van der Waals surface area (Å²) in [5.74, 6) is 0.0700. The maximum Gasteiger partial charge on any atom is 0.179 e. The van der Waals surface area contributed by atoms with E-state index in [1.165, 1.54) is 0 Å². The standard InChI is InChI=1S/C9H9BrFNO/c10-7-2-1-6-5-12-3-4-13-9(6)8(7)11/h1-2,12H,3-5H2. The molecule has 70 valence electrons. The molecule has 13 heavy (non-hydrogen) atoms. The van der Waals surface area contributed by atoms with E-state index in [0.717, 1.165) is 12.1 Å². The fourth-order valence-electron chi connectivity index (χ4n) is 1.32. The van der Waals surface area contributed by atoms with Crippen molar-refractivity contribution in [3.8, 4) is 5.75 Å². The zero-order chi connectivity index (χ0) is 9.26. The smallest absolute Gasteiger partial charge is 0.179 e. The summed E-state index contributed by atoms with van der Waals surface area (Å²) in [7, 11) is 0. The average Bonchev–Trinajstić information content (AvgIpc) is 2.36. The molecule has 0 aliphatic carbocycles. The average molecular weight is 246 g/mol.